The monoisotopic (exact) mass is 512 g/mol. The van der Waals surface area contributed by atoms with Crippen LogP contribution in [0.3, 0.4) is 0 Å². The van der Waals surface area contributed by atoms with Gasteiger partial charge in [0.1, 0.15) is 0 Å². The molecule has 1 aromatic heterocycles. The summed E-state index contributed by atoms with van der Waals surface area (Å²) in [6.45, 7) is 13.4. The highest BCUT2D eigenvalue weighted by atomic mass is 15.3. The van der Waals surface area contributed by atoms with E-state index < -0.39 is 0 Å². The SMILES string of the molecule is CC(C)(C)c1ccc(N(c2ccc(C(C)(C)C)cc2)c2nc(-c3ccccc3)nc(-c3ccccc3)n2)cc1. The Bertz CT molecular complexity index is 1410. The lowest BCUT2D eigenvalue weighted by Crippen LogP contribution is -2.17. The maximum Gasteiger partial charge on any atom is 0.238 e. The summed E-state index contributed by atoms with van der Waals surface area (Å²) in [5, 5.41) is 0. The van der Waals surface area contributed by atoms with Crippen LogP contribution in [0.1, 0.15) is 52.7 Å². The molecule has 0 aliphatic carbocycles. The van der Waals surface area contributed by atoms with Crippen molar-refractivity contribution in [2.75, 3.05) is 4.90 Å². The van der Waals surface area contributed by atoms with Gasteiger partial charge in [0.05, 0.1) is 0 Å². The molecule has 0 amide bonds. The predicted octanol–water partition coefficient (Wildman–Crippen LogP) is 9.27. The second-order valence-corrected chi connectivity index (χ2v) is 11.9. The third-order valence-electron chi connectivity index (χ3n) is 6.87. The van der Waals surface area contributed by atoms with Crippen molar-refractivity contribution >= 4 is 17.3 Å². The Morgan fingerprint density at radius 1 is 0.436 bits per heavy atom. The fourth-order valence-corrected chi connectivity index (χ4v) is 4.50. The largest absolute Gasteiger partial charge is 0.279 e. The van der Waals surface area contributed by atoms with Gasteiger partial charge in [-0.2, -0.15) is 9.97 Å². The van der Waals surface area contributed by atoms with Crippen LogP contribution >= 0.6 is 0 Å². The molecule has 1 heterocycles. The van der Waals surface area contributed by atoms with Gasteiger partial charge in [-0.25, -0.2) is 4.98 Å². The molecule has 0 aliphatic rings. The average Bonchev–Trinajstić information content (AvgIpc) is 2.94. The number of hydrogen-bond acceptors (Lipinski definition) is 4. The predicted molar refractivity (Wildman–Crippen MR) is 163 cm³/mol. The summed E-state index contributed by atoms with van der Waals surface area (Å²) in [5.41, 5.74) is 6.57. The highest BCUT2D eigenvalue weighted by Crippen LogP contribution is 2.36. The van der Waals surface area contributed by atoms with E-state index in [1.54, 1.807) is 0 Å². The number of aromatic nitrogens is 3. The zero-order chi connectivity index (χ0) is 27.6. The molecule has 0 fully saturated rings. The fourth-order valence-electron chi connectivity index (χ4n) is 4.50. The maximum atomic E-state index is 5.03. The summed E-state index contributed by atoms with van der Waals surface area (Å²) in [6, 6.07) is 37.6. The molecule has 196 valence electrons. The van der Waals surface area contributed by atoms with E-state index in [-0.39, 0.29) is 10.8 Å². The number of rotatable bonds is 5. The lowest BCUT2D eigenvalue weighted by Gasteiger charge is -2.26. The van der Waals surface area contributed by atoms with Gasteiger partial charge in [-0.3, -0.25) is 4.90 Å². The van der Waals surface area contributed by atoms with E-state index in [4.69, 9.17) is 15.0 Å². The topological polar surface area (TPSA) is 41.9 Å². The normalized spacial score (nSPS) is 11.8. The molecule has 0 aliphatic heterocycles. The molecule has 0 bridgehead atoms. The Morgan fingerprint density at radius 3 is 1.13 bits per heavy atom. The van der Waals surface area contributed by atoms with Crippen molar-refractivity contribution in [2.24, 2.45) is 0 Å². The Kier molecular flexibility index (Phi) is 7.05. The molecule has 0 atom stereocenters. The van der Waals surface area contributed by atoms with Crippen LogP contribution in [0.15, 0.2) is 109 Å². The Balaban J connectivity index is 1.72. The van der Waals surface area contributed by atoms with Crippen molar-refractivity contribution in [1.82, 2.24) is 15.0 Å². The van der Waals surface area contributed by atoms with Gasteiger partial charge < -0.3 is 0 Å². The van der Waals surface area contributed by atoms with Crippen LogP contribution in [-0.2, 0) is 10.8 Å². The van der Waals surface area contributed by atoms with Crippen molar-refractivity contribution in [2.45, 2.75) is 52.4 Å². The molecular formula is C35H36N4. The Morgan fingerprint density at radius 2 is 0.795 bits per heavy atom. The summed E-state index contributed by atoms with van der Waals surface area (Å²) >= 11 is 0. The van der Waals surface area contributed by atoms with E-state index in [1.165, 1.54) is 11.1 Å². The molecule has 0 spiro atoms. The van der Waals surface area contributed by atoms with Crippen LogP contribution in [-0.4, -0.2) is 15.0 Å². The van der Waals surface area contributed by atoms with Gasteiger partial charge in [-0.05, 0) is 46.2 Å². The third-order valence-corrected chi connectivity index (χ3v) is 6.87. The van der Waals surface area contributed by atoms with Gasteiger partial charge >= 0.3 is 0 Å². The number of benzene rings is 4. The quantitative estimate of drug-likeness (QED) is 0.235. The molecule has 4 nitrogen and oxygen atoms in total. The van der Waals surface area contributed by atoms with Crippen molar-refractivity contribution in [3.05, 3.63) is 120 Å². The van der Waals surface area contributed by atoms with Crippen LogP contribution in [0, 0.1) is 0 Å². The highest BCUT2D eigenvalue weighted by Gasteiger charge is 2.22. The Labute approximate surface area is 232 Å². The summed E-state index contributed by atoms with van der Waals surface area (Å²) in [6.07, 6.45) is 0. The third kappa shape index (κ3) is 5.91. The van der Waals surface area contributed by atoms with Gasteiger partial charge in [0.2, 0.25) is 5.95 Å². The molecule has 4 heteroatoms. The summed E-state index contributed by atoms with van der Waals surface area (Å²) in [4.78, 5) is 17.1. The zero-order valence-corrected chi connectivity index (χ0v) is 23.7. The van der Waals surface area contributed by atoms with Crippen LogP contribution in [0.5, 0.6) is 0 Å². The number of nitrogens with zero attached hydrogens (tertiary/aromatic N) is 4. The van der Waals surface area contributed by atoms with Gasteiger partial charge in [-0.15, -0.1) is 0 Å². The maximum absolute atomic E-state index is 5.03. The van der Waals surface area contributed by atoms with Crippen LogP contribution in [0.4, 0.5) is 17.3 Å². The van der Waals surface area contributed by atoms with E-state index in [0.717, 1.165) is 22.5 Å². The molecule has 0 unspecified atom stereocenters. The van der Waals surface area contributed by atoms with E-state index in [9.17, 15) is 0 Å². The minimum absolute atomic E-state index is 0.0614. The number of anilines is 3. The Hall–Kier alpha value is -4.31. The lowest BCUT2D eigenvalue weighted by molar-refractivity contribution is 0.590. The van der Waals surface area contributed by atoms with Gasteiger partial charge in [-0.1, -0.05) is 126 Å². The average molecular weight is 513 g/mol. The first-order valence-electron chi connectivity index (χ1n) is 13.5. The van der Waals surface area contributed by atoms with Crippen LogP contribution < -0.4 is 4.90 Å². The smallest absolute Gasteiger partial charge is 0.238 e. The molecule has 0 N–H and O–H groups in total. The fraction of sp³-hybridized carbons (Fsp3) is 0.229. The van der Waals surface area contributed by atoms with E-state index >= 15 is 0 Å². The minimum atomic E-state index is 0.0614. The molecule has 0 saturated heterocycles. The molecule has 5 rings (SSSR count). The van der Waals surface area contributed by atoms with Gasteiger partial charge in [0.25, 0.3) is 0 Å². The number of hydrogen-bond donors (Lipinski definition) is 0. The van der Waals surface area contributed by atoms with Crippen molar-refractivity contribution in [1.29, 1.82) is 0 Å². The standard InChI is InChI=1S/C35H36N4/c1-34(2,3)27-17-21-29(22-18-27)39(30-23-19-28(20-24-30)35(4,5)6)33-37-31(25-13-9-7-10-14-25)36-32(38-33)26-15-11-8-12-16-26/h7-24H,1-6H3. The summed E-state index contributed by atoms with van der Waals surface area (Å²) in [5.74, 6) is 1.86. The molecule has 0 radical (unpaired) electrons. The molecule has 0 saturated carbocycles. The first-order valence-corrected chi connectivity index (χ1v) is 13.5. The lowest BCUT2D eigenvalue weighted by atomic mass is 9.87. The van der Waals surface area contributed by atoms with Crippen molar-refractivity contribution < 1.29 is 0 Å². The first-order chi connectivity index (χ1) is 18.6. The molecule has 4 aromatic carbocycles. The second kappa shape index (κ2) is 10.5. The van der Waals surface area contributed by atoms with Crippen LogP contribution in [0.25, 0.3) is 22.8 Å². The molecule has 39 heavy (non-hydrogen) atoms. The second-order valence-electron chi connectivity index (χ2n) is 11.9. The van der Waals surface area contributed by atoms with Crippen molar-refractivity contribution in [3.8, 4) is 22.8 Å². The van der Waals surface area contributed by atoms with E-state index in [2.05, 4.69) is 95.0 Å². The molecule has 5 aromatic rings. The minimum Gasteiger partial charge on any atom is -0.279 e. The zero-order valence-electron chi connectivity index (χ0n) is 23.7. The van der Waals surface area contributed by atoms with Gasteiger partial charge in [0, 0.05) is 22.5 Å². The molecular weight excluding hydrogens is 476 g/mol. The van der Waals surface area contributed by atoms with E-state index in [0.29, 0.717) is 17.6 Å². The highest BCUT2D eigenvalue weighted by molar-refractivity contribution is 5.75. The first kappa shape index (κ1) is 26.3. The summed E-state index contributed by atoms with van der Waals surface area (Å²) in [7, 11) is 0. The van der Waals surface area contributed by atoms with Crippen molar-refractivity contribution in [3.63, 3.8) is 0 Å². The van der Waals surface area contributed by atoms with E-state index in [1.807, 2.05) is 60.7 Å². The summed E-state index contributed by atoms with van der Waals surface area (Å²) < 4.78 is 0. The van der Waals surface area contributed by atoms with Gasteiger partial charge in [0.15, 0.2) is 11.6 Å². The van der Waals surface area contributed by atoms with Crippen LogP contribution in [0.2, 0.25) is 0 Å².